The molecule has 1 nitrogen and oxygen atoms in total. The lowest BCUT2D eigenvalue weighted by Crippen LogP contribution is -1.89. The van der Waals surface area contributed by atoms with Crippen LogP contribution >= 0.6 is 0 Å². The first-order chi connectivity index (χ1) is 4.91. The highest BCUT2D eigenvalue weighted by molar-refractivity contribution is 4.86. The van der Waals surface area contributed by atoms with Gasteiger partial charge in [-0.25, -0.2) is 0 Å². The van der Waals surface area contributed by atoms with E-state index in [1.54, 1.807) is 0 Å². The molecule has 0 aromatic rings. The number of rotatable bonds is 5. The first-order valence-corrected chi connectivity index (χ1v) is 3.94. The zero-order valence-electron chi connectivity index (χ0n) is 6.93. The van der Waals surface area contributed by atoms with Gasteiger partial charge < -0.3 is 5.32 Å². The van der Waals surface area contributed by atoms with Crippen LogP contribution in [0, 0.1) is 0 Å². The Balaban J connectivity index is 3.04. The van der Waals surface area contributed by atoms with Crippen molar-refractivity contribution in [3.8, 4) is 0 Å². The van der Waals surface area contributed by atoms with Crippen LogP contribution in [0.15, 0.2) is 24.6 Å². The minimum Gasteiger partial charge on any atom is -0.368 e. The molecule has 0 atom stereocenters. The molecular weight excluding hydrogens is 122 g/mol. The average molecular weight is 139 g/mol. The van der Waals surface area contributed by atoms with E-state index in [-0.39, 0.29) is 0 Å². The van der Waals surface area contributed by atoms with Crippen LogP contribution in [0.25, 0.3) is 0 Å². The van der Waals surface area contributed by atoms with Crippen LogP contribution < -0.4 is 5.32 Å². The zero-order chi connectivity index (χ0) is 7.66. The van der Waals surface area contributed by atoms with Gasteiger partial charge in [0.2, 0.25) is 0 Å². The van der Waals surface area contributed by atoms with Gasteiger partial charge in [0.1, 0.15) is 0 Å². The second-order valence-electron chi connectivity index (χ2n) is 2.21. The summed E-state index contributed by atoms with van der Waals surface area (Å²) in [5, 5.41) is 3.03. The standard InChI is InChI=1S/C9H17N/c1-3-5-6-7-9-10-8-4-2/h4,7-10H,3,5-6H2,1-2H3/b8-4-,9-7+. The zero-order valence-corrected chi connectivity index (χ0v) is 6.93. The van der Waals surface area contributed by atoms with E-state index in [1.807, 2.05) is 25.4 Å². The maximum absolute atomic E-state index is 3.03. The largest absolute Gasteiger partial charge is 0.368 e. The van der Waals surface area contributed by atoms with Gasteiger partial charge in [0.15, 0.2) is 0 Å². The van der Waals surface area contributed by atoms with Crippen molar-refractivity contribution in [3.63, 3.8) is 0 Å². The molecule has 0 saturated carbocycles. The fourth-order valence-electron chi connectivity index (χ4n) is 0.625. The van der Waals surface area contributed by atoms with E-state index in [0.29, 0.717) is 0 Å². The third-order valence-electron chi connectivity index (χ3n) is 1.20. The van der Waals surface area contributed by atoms with Crippen molar-refractivity contribution in [3.05, 3.63) is 24.6 Å². The smallest absolute Gasteiger partial charge is 0.00358 e. The quantitative estimate of drug-likeness (QED) is 0.577. The Kier molecular flexibility index (Phi) is 7.68. The molecule has 0 amide bonds. The van der Waals surface area contributed by atoms with Crippen LogP contribution in [-0.4, -0.2) is 0 Å². The molecule has 0 fully saturated rings. The molecule has 0 spiro atoms. The van der Waals surface area contributed by atoms with Crippen molar-refractivity contribution in [2.75, 3.05) is 0 Å². The Bertz CT molecular complexity index is 103. The highest BCUT2D eigenvalue weighted by Crippen LogP contribution is 1.93. The van der Waals surface area contributed by atoms with Gasteiger partial charge in [0, 0.05) is 0 Å². The molecule has 58 valence electrons. The Morgan fingerprint density at radius 2 is 2.10 bits per heavy atom. The second kappa shape index (κ2) is 8.28. The van der Waals surface area contributed by atoms with Crippen molar-refractivity contribution < 1.29 is 0 Å². The van der Waals surface area contributed by atoms with Gasteiger partial charge in [-0.15, -0.1) is 0 Å². The van der Waals surface area contributed by atoms with E-state index < -0.39 is 0 Å². The van der Waals surface area contributed by atoms with Crippen LogP contribution in [0.2, 0.25) is 0 Å². The van der Waals surface area contributed by atoms with Gasteiger partial charge in [-0.05, 0) is 25.7 Å². The first kappa shape index (κ1) is 9.28. The summed E-state index contributed by atoms with van der Waals surface area (Å²) < 4.78 is 0. The third kappa shape index (κ3) is 7.28. The fourth-order valence-corrected chi connectivity index (χ4v) is 0.625. The molecule has 10 heavy (non-hydrogen) atoms. The molecule has 0 aliphatic heterocycles. The molecule has 0 heterocycles. The first-order valence-electron chi connectivity index (χ1n) is 3.94. The molecule has 0 aliphatic rings. The number of nitrogens with one attached hydrogen (secondary N) is 1. The molecule has 0 unspecified atom stereocenters. The molecule has 0 rings (SSSR count). The SMILES string of the molecule is C/C=C\N/C=C/CCCC. The van der Waals surface area contributed by atoms with E-state index >= 15 is 0 Å². The lowest BCUT2D eigenvalue weighted by molar-refractivity contribution is 0.812. The maximum Gasteiger partial charge on any atom is -0.00358 e. The van der Waals surface area contributed by atoms with E-state index in [4.69, 9.17) is 0 Å². The van der Waals surface area contributed by atoms with E-state index in [9.17, 15) is 0 Å². The molecule has 0 radical (unpaired) electrons. The normalized spacial score (nSPS) is 11.4. The summed E-state index contributed by atoms with van der Waals surface area (Å²) in [6, 6.07) is 0. The van der Waals surface area contributed by atoms with Crippen molar-refractivity contribution in [2.45, 2.75) is 33.1 Å². The number of hydrogen-bond acceptors (Lipinski definition) is 1. The van der Waals surface area contributed by atoms with Gasteiger partial charge in [0.05, 0.1) is 0 Å². The molecule has 1 N–H and O–H groups in total. The van der Waals surface area contributed by atoms with Crippen LogP contribution in [0.3, 0.4) is 0 Å². The molecule has 0 saturated heterocycles. The lowest BCUT2D eigenvalue weighted by Gasteiger charge is -1.89. The van der Waals surface area contributed by atoms with Crippen molar-refractivity contribution in [1.29, 1.82) is 0 Å². The summed E-state index contributed by atoms with van der Waals surface area (Å²) in [5.74, 6) is 0. The molecule has 1 heteroatoms. The fraction of sp³-hybridized carbons (Fsp3) is 0.556. The van der Waals surface area contributed by atoms with Crippen LogP contribution in [-0.2, 0) is 0 Å². The Hall–Kier alpha value is -0.720. The lowest BCUT2D eigenvalue weighted by atomic mass is 10.2. The topological polar surface area (TPSA) is 12.0 Å². The molecule has 0 aliphatic carbocycles. The predicted molar refractivity (Wildman–Crippen MR) is 46.6 cm³/mol. The summed E-state index contributed by atoms with van der Waals surface area (Å²) >= 11 is 0. The van der Waals surface area contributed by atoms with Gasteiger partial charge in [-0.3, -0.25) is 0 Å². The Morgan fingerprint density at radius 3 is 2.70 bits per heavy atom. The summed E-state index contributed by atoms with van der Waals surface area (Å²) in [6.07, 6.45) is 11.8. The van der Waals surface area contributed by atoms with Gasteiger partial charge in [-0.2, -0.15) is 0 Å². The Morgan fingerprint density at radius 1 is 1.30 bits per heavy atom. The van der Waals surface area contributed by atoms with Gasteiger partial charge in [-0.1, -0.05) is 31.9 Å². The molecular formula is C9H17N. The van der Waals surface area contributed by atoms with Gasteiger partial charge >= 0.3 is 0 Å². The molecule has 0 bridgehead atoms. The summed E-state index contributed by atoms with van der Waals surface area (Å²) in [5.41, 5.74) is 0. The van der Waals surface area contributed by atoms with Crippen molar-refractivity contribution >= 4 is 0 Å². The summed E-state index contributed by atoms with van der Waals surface area (Å²) in [4.78, 5) is 0. The van der Waals surface area contributed by atoms with E-state index in [1.165, 1.54) is 19.3 Å². The summed E-state index contributed by atoms with van der Waals surface area (Å²) in [7, 11) is 0. The Labute approximate surface area is 63.8 Å². The van der Waals surface area contributed by atoms with E-state index in [2.05, 4.69) is 18.3 Å². The highest BCUT2D eigenvalue weighted by Gasteiger charge is 1.75. The van der Waals surface area contributed by atoms with Crippen LogP contribution in [0.1, 0.15) is 33.1 Å². The second-order valence-corrected chi connectivity index (χ2v) is 2.21. The number of unbranched alkanes of at least 4 members (excludes halogenated alkanes) is 2. The third-order valence-corrected chi connectivity index (χ3v) is 1.20. The predicted octanol–water partition coefficient (Wildman–Crippen LogP) is 2.81. The maximum atomic E-state index is 3.03. The molecule has 0 aromatic heterocycles. The monoisotopic (exact) mass is 139 g/mol. The van der Waals surface area contributed by atoms with Crippen molar-refractivity contribution in [2.24, 2.45) is 0 Å². The summed E-state index contributed by atoms with van der Waals surface area (Å²) in [6.45, 7) is 4.19. The van der Waals surface area contributed by atoms with Gasteiger partial charge in [0.25, 0.3) is 0 Å². The van der Waals surface area contributed by atoms with Crippen molar-refractivity contribution in [1.82, 2.24) is 5.32 Å². The minimum atomic E-state index is 1.18. The molecule has 0 aromatic carbocycles. The average Bonchev–Trinajstić information content (AvgIpc) is 1.97. The highest BCUT2D eigenvalue weighted by atomic mass is 14.8. The number of hydrogen-bond donors (Lipinski definition) is 1. The number of allylic oxidation sites excluding steroid dienone is 2. The van der Waals surface area contributed by atoms with Crippen LogP contribution in [0.4, 0.5) is 0 Å². The minimum absolute atomic E-state index is 1.18. The van der Waals surface area contributed by atoms with E-state index in [0.717, 1.165) is 0 Å². The van der Waals surface area contributed by atoms with Crippen LogP contribution in [0.5, 0.6) is 0 Å².